The second-order valence-electron chi connectivity index (χ2n) is 6.14. The molecule has 25 heavy (non-hydrogen) atoms. The van der Waals surface area contributed by atoms with Crippen LogP contribution in [0.2, 0.25) is 0 Å². The molecule has 1 aliphatic rings. The number of benzene rings is 2. The maximum atomic E-state index is 14.5. The van der Waals surface area contributed by atoms with Crippen molar-refractivity contribution in [1.82, 2.24) is 0 Å². The predicted octanol–water partition coefficient (Wildman–Crippen LogP) is 4.40. The zero-order chi connectivity index (χ0) is 17.6. The minimum absolute atomic E-state index is 0.275. The van der Waals surface area contributed by atoms with Crippen molar-refractivity contribution in [3.8, 4) is 0 Å². The molecule has 0 radical (unpaired) electrons. The highest BCUT2D eigenvalue weighted by Crippen LogP contribution is 2.24. The van der Waals surface area contributed by atoms with Crippen molar-refractivity contribution in [2.75, 3.05) is 18.0 Å². The smallest absolute Gasteiger partial charge is 0.365 e. The Hall–Kier alpha value is -2.69. The molecule has 0 bridgehead atoms. The van der Waals surface area contributed by atoms with Crippen molar-refractivity contribution in [3.05, 3.63) is 65.5 Å². The van der Waals surface area contributed by atoms with E-state index in [-0.39, 0.29) is 5.82 Å². The average molecular weight is 340 g/mol. The van der Waals surface area contributed by atoms with Gasteiger partial charge in [0.25, 0.3) is 0 Å². The molecule has 0 N–H and O–H groups in total. The summed E-state index contributed by atoms with van der Waals surface area (Å²) in [5.41, 5.74) is 2.09. The Morgan fingerprint density at radius 1 is 1.04 bits per heavy atom. The number of nitrogens with zero attached hydrogens (tertiary/aromatic N) is 2. The Morgan fingerprint density at radius 2 is 1.76 bits per heavy atom. The van der Waals surface area contributed by atoms with Crippen LogP contribution in [0.5, 0.6) is 0 Å². The Labute approximate surface area is 146 Å². The molecular formula is C20H21FN2O2. The topological polar surface area (TPSA) is 41.9 Å². The lowest BCUT2D eigenvalue weighted by atomic mass is 10.1. The number of anilines is 1. The van der Waals surface area contributed by atoms with E-state index in [2.05, 4.69) is 10.1 Å². The molecule has 0 aliphatic carbocycles. The third-order valence-corrected chi connectivity index (χ3v) is 4.34. The highest BCUT2D eigenvalue weighted by atomic mass is 19.1. The number of halogens is 1. The molecule has 1 aliphatic heterocycles. The molecule has 0 atom stereocenters. The summed E-state index contributed by atoms with van der Waals surface area (Å²) in [6.45, 7) is 3.46. The molecule has 2 aromatic carbocycles. The summed E-state index contributed by atoms with van der Waals surface area (Å²) in [6, 6.07) is 13.7. The highest BCUT2D eigenvalue weighted by Gasteiger charge is 2.15. The molecule has 1 saturated heterocycles. The maximum Gasteiger partial charge on any atom is 0.365 e. The Morgan fingerprint density at radius 3 is 2.44 bits per heavy atom. The van der Waals surface area contributed by atoms with E-state index in [4.69, 9.17) is 4.84 Å². The molecule has 5 heteroatoms. The van der Waals surface area contributed by atoms with Gasteiger partial charge in [0.2, 0.25) is 0 Å². The second kappa shape index (κ2) is 7.92. The van der Waals surface area contributed by atoms with Gasteiger partial charge >= 0.3 is 5.97 Å². The van der Waals surface area contributed by atoms with Crippen molar-refractivity contribution in [2.24, 2.45) is 5.16 Å². The van der Waals surface area contributed by atoms with Gasteiger partial charge in [-0.15, -0.1) is 0 Å². The van der Waals surface area contributed by atoms with E-state index in [1.54, 1.807) is 37.3 Å². The number of oxime groups is 1. The zero-order valence-corrected chi connectivity index (χ0v) is 14.2. The predicted molar refractivity (Wildman–Crippen MR) is 96.5 cm³/mol. The lowest BCUT2D eigenvalue weighted by molar-refractivity contribution is 0.0516. The number of rotatable bonds is 4. The van der Waals surface area contributed by atoms with Gasteiger partial charge in [-0.3, -0.25) is 0 Å². The first-order chi connectivity index (χ1) is 12.1. The van der Waals surface area contributed by atoms with Gasteiger partial charge in [-0.05, 0) is 50.5 Å². The summed E-state index contributed by atoms with van der Waals surface area (Å²) >= 11 is 0. The van der Waals surface area contributed by atoms with Crippen LogP contribution in [0.4, 0.5) is 10.1 Å². The van der Waals surface area contributed by atoms with Crippen LogP contribution < -0.4 is 4.90 Å². The fourth-order valence-electron chi connectivity index (χ4n) is 2.91. The van der Waals surface area contributed by atoms with Gasteiger partial charge in [0.15, 0.2) is 0 Å². The van der Waals surface area contributed by atoms with Gasteiger partial charge in [0.1, 0.15) is 5.82 Å². The van der Waals surface area contributed by atoms with Crippen molar-refractivity contribution in [2.45, 2.75) is 26.2 Å². The van der Waals surface area contributed by atoms with Crippen molar-refractivity contribution >= 4 is 17.4 Å². The summed E-state index contributed by atoms with van der Waals surface area (Å²) in [5.74, 6) is -0.811. The third-order valence-electron chi connectivity index (χ3n) is 4.34. The van der Waals surface area contributed by atoms with Crippen LogP contribution in [-0.4, -0.2) is 24.8 Å². The molecule has 3 rings (SSSR count). The first kappa shape index (κ1) is 17.1. The molecule has 0 aromatic heterocycles. The quantitative estimate of drug-likeness (QED) is 0.471. The lowest BCUT2D eigenvalue weighted by Crippen LogP contribution is -2.30. The molecule has 130 valence electrons. The minimum Gasteiger partial charge on any atom is -0.369 e. The maximum absolute atomic E-state index is 14.5. The molecule has 0 unspecified atom stereocenters. The lowest BCUT2D eigenvalue weighted by Gasteiger charge is -2.29. The van der Waals surface area contributed by atoms with E-state index in [1.165, 1.54) is 12.5 Å². The standard InChI is InChI=1S/C20H21FN2O2/c1-15(22-25-20(24)16-8-4-2-5-9-16)17-10-11-19(18(21)14-17)23-12-6-3-7-13-23/h2,4-5,8-11,14H,3,6-7,12-13H2,1H3/b22-15-. The van der Waals surface area contributed by atoms with Crippen LogP contribution in [0.3, 0.4) is 0 Å². The van der Waals surface area contributed by atoms with Gasteiger partial charge in [0.05, 0.1) is 17.0 Å². The average Bonchev–Trinajstić information content (AvgIpc) is 2.67. The van der Waals surface area contributed by atoms with E-state index >= 15 is 0 Å². The van der Waals surface area contributed by atoms with Crippen molar-refractivity contribution in [1.29, 1.82) is 0 Å². The van der Waals surface area contributed by atoms with Crippen molar-refractivity contribution in [3.63, 3.8) is 0 Å². The van der Waals surface area contributed by atoms with Crippen molar-refractivity contribution < 1.29 is 14.0 Å². The number of carbonyl (C=O) groups is 1. The molecule has 1 fully saturated rings. The summed E-state index contributed by atoms with van der Waals surface area (Å²) < 4.78 is 14.5. The third kappa shape index (κ3) is 4.24. The largest absolute Gasteiger partial charge is 0.369 e. The summed E-state index contributed by atoms with van der Waals surface area (Å²) in [4.78, 5) is 18.9. The second-order valence-corrected chi connectivity index (χ2v) is 6.14. The first-order valence-electron chi connectivity index (χ1n) is 8.51. The molecule has 0 saturated carbocycles. The highest BCUT2D eigenvalue weighted by molar-refractivity contribution is 5.99. The van der Waals surface area contributed by atoms with Crippen LogP contribution in [0.15, 0.2) is 53.7 Å². The molecule has 0 spiro atoms. The monoisotopic (exact) mass is 340 g/mol. The van der Waals surface area contributed by atoms with Gasteiger partial charge in [-0.25, -0.2) is 9.18 Å². The number of hydrogen-bond acceptors (Lipinski definition) is 4. The van der Waals surface area contributed by atoms with E-state index in [9.17, 15) is 9.18 Å². The molecule has 2 aromatic rings. The van der Waals surface area contributed by atoms with E-state index in [1.807, 2.05) is 12.1 Å². The SMILES string of the molecule is C/C(=N/OC(=O)c1ccccc1)c1ccc(N2CCCCC2)c(F)c1. The Balaban J connectivity index is 1.70. The minimum atomic E-state index is -0.537. The van der Waals surface area contributed by atoms with Crippen LogP contribution in [-0.2, 0) is 4.84 Å². The normalized spacial score (nSPS) is 15.1. The van der Waals surface area contributed by atoms with E-state index < -0.39 is 5.97 Å². The molecule has 0 amide bonds. The molecule has 1 heterocycles. The van der Waals surface area contributed by atoms with E-state index in [0.29, 0.717) is 22.5 Å². The van der Waals surface area contributed by atoms with Crippen LogP contribution in [0.25, 0.3) is 0 Å². The van der Waals surface area contributed by atoms with Crippen LogP contribution in [0.1, 0.15) is 42.1 Å². The number of piperidine rings is 1. The van der Waals surface area contributed by atoms with Crippen LogP contribution in [0, 0.1) is 5.82 Å². The molecule has 4 nitrogen and oxygen atoms in total. The zero-order valence-electron chi connectivity index (χ0n) is 14.2. The summed E-state index contributed by atoms with van der Waals surface area (Å²) in [7, 11) is 0. The van der Waals surface area contributed by atoms with Crippen LogP contribution >= 0.6 is 0 Å². The summed E-state index contributed by atoms with van der Waals surface area (Å²) in [6.07, 6.45) is 3.39. The van der Waals surface area contributed by atoms with E-state index in [0.717, 1.165) is 25.9 Å². The Bertz CT molecular complexity index is 769. The first-order valence-corrected chi connectivity index (χ1v) is 8.51. The summed E-state index contributed by atoms with van der Waals surface area (Å²) in [5, 5.41) is 3.84. The molecular weight excluding hydrogens is 319 g/mol. The van der Waals surface area contributed by atoms with Gasteiger partial charge in [0, 0.05) is 18.7 Å². The fourth-order valence-corrected chi connectivity index (χ4v) is 2.91. The van der Waals surface area contributed by atoms with Gasteiger partial charge < -0.3 is 9.74 Å². The van der Waals surface area contributed by atoms with Gasteiger partial charge in [-0.1, -0.05) is 29.4 Å². The number of carbonyl (C=O) groups excluding carboxylic acids is 1. The fraction of sp³-hybridized carbons (Fsp3) is 0.300. The Kier molecular flexibility index (Phi) is 5.43. The number of hydrogen-bond donors (Lipinski definition) is 0. The van der Waals surface area contributed by atoms with Gasteiger partial charge in [-0.2, -0.15) is 0 Å².